The third-order valence-electron chi connectivity index (χ3n) is 4.10. The summed E-state index contributed by atoms with van der Waals surface area (Å²) < 4.78 is 5.16. The van der Waals surface area contributed by atoms with Crippen LogP contribution in [0.5, 0.6) is 5.75 Å². The van der Waals surface area contributed by atoms with Crippen LogP contribution in [0.4, 0.5) is 11.4 Å². The molecular formula is C20H15NO2. The standard InChI is InChI=1S/C20H15NO2/c1-23-15-9-6-13(7-10-15)21-14-8-11-17-16-4-2-3-5-18(16)20(22)19(17)12-14/h2-12,21H,1H3. The number of rotatable bonds is 3. The molecule has 0 fully saturated rings. The van der Waals surface area contributed by atoms with Gasteiger partial charge in [0, 0.05) is 22.5 Å². The lowest BCUT2D eigenvalue weighted by Gasteiger charge is -2.09. The third-order valence-corrected chi connectivity index (χ3v) is 4.10. The van der Waals surface area contributed by atoms with E-state index in [1.165, 1.54) is 0 Å². The van der Waals surface area contributed by atoms with E-state index in [-0.39, 0.29) is 5.78 Å². The molecule has 112 valence electrons. The Morgan fingerprint density at radius 2 is 1.39 bits per heavy atom. The highest BCUT2D eigenvalue weighted by atomic mass is 16.5. The van der Waals surface area contributed by atoms with Crippen molar-refractivity contribution in [3.63, 3.8) is 0 Å². The number of carbonyl (C=O) groups excluding carboxylic acids is 1. The molecule has 0 heterocycles. The van der Waals surface area contributed by atoms with Crippen molar-refractivity contribution in [1.82, 2.24) is 0 Å². The summed E-state index contributed by atoms with van der Waals surface area (Å²) in [5, 5.41) is 3.32. The number of anilines is 2. The van der Waals surface area contributed by atoms with Crippen LogP contribution in [0.1, 0.15) is 15.9 Å². The summed E-state index contributed by atoms with van der Waals surface area (Å²) in [7, 11) is 1.65. The van der Waals surface area contributed by atoms with Crippen molar-refractivity contribution >= 4 is 17.2 Å². The van der Waals surface area contributed by atoms with Crippen molar-refractivity contribution in [3.8, 4) is 16.9 Å². The van der Waals surface area contributed by atoms with E-state index >= 15 is 0 Å². The lowest BCUT2D eigenvalue weighted by atomic mass is 10.1. The minimum absolute atomic E-state index is 0.0916. The van der Waals surface area contributed by atoms with Crippen LogP contribution < -0.4 is 10.1 Å². The number of fused-ring (bicyclic) bond motifs is 3. The highest BCUT2D eigenvalue weighted by Crippen LogP contribution is 2.38. The molecule has 3 nitrogen and oxygen atoms in total. The zero-order valence-electron chi connectivity index (χ0n) is 12.7. The average molecular weight is 301 g/mol. The second kappa shape index (κ2) is 5.29. The number of methoxy groups -OCH3 is 1. The molecule has 3 aromatic rings. The summed E-state index contributed by atoms with van der Waals surface area (Å²) in [5.41, 5.74) is 5.41. The number of nitrogens with one attached hydrogen (secondary N) is 1. The van der Waals surface area contributed by atoms with Crippen LogP contribution in [-0.4, -0.2) is 12.9 Å². The van der Waals surface area contributed by atoms with Gasteiger partial charge in [0.1, 0.15) is 5.75 Å². The number of ether oxygens (including phenoxy) is 1. The van der Waals surface area contributed by atoms with Crippen molar-refractivity contribution in [2.45, 2.75) is 0 Å². The van der Waals surface area contributed by atoms with Gasteiger partial charge in [-0.1, -0.05) is 30.3 Å². The van der Waals surface area contributed by atoms with Gasteiger partial charge in [0.2, 0.25) is 0 Å². The largest absolute Gasteiger partial charge is 0.497 e. The second-order valence-corrected chi connectivity index (χ2v) is 5.49. The molecule has 0 radical (unpaired) electrons. The number of benzene rings is 3. The summed E-state index contributed by atoms with van der Waals surface area (Å²) in [6, 6.07) is 21.4. The highest BCUT2D eigenvalue weighted by Gasteiger charge is 2.26. The van der Waals surface area contributed by atoms with Gasteiger partial charge in [0.05, 0.1) is 7.11 Å². The van der Waals surface area contributed by atoms with Crippen LogP contribution in [0, 0.1) is 0 Å². The lowest BCUT2D eigenvalue weighted by molar-refractivity contribution is 0.104. The monoisotopic (exact) mass is 301 g/mol. The summed E-state index contributed by atoms with van der Waals surface area (Å²) in [6.45, 7) is 0. The van der Waals surface area contributed by atoms with E-state index in [1.54, 1.807) is 7.11 Å². The molecule has 0 spiro atoms. The average Bonchev–Trinajstić information content (AvgIpc) is 2.89. The molecule has 0 aromatic heterocycles. The lowest BCUT2D eigenvalue weighted by Crippen LogP contribution is -1.97. The van der Waals surface area contributed by atoms with Crippen LogP contribution in [0.25, 0.3) is 11.1 Å². The first-order valence-electron chi connectivity index (χ1n) is 7.45. The van der Waals surface area contributed by atoms with Gasteiger partial charge in [-0.15, -0.1) is 0 Å². The normalized spacial score (nSPS) is 11.8. The zero-order valence-corrected chi connectivity index (χ0v) is 12.7. The van der Waals surface area contributed by atoms with E-state index in [2.05, 4.69) is 5.32 Å². The van der Waals surface area contributed by atoms with E-state index in [4.69, 9.17) is 4.74 Å². The van der Waals surface area contributed by atoms with Crippen LogP contribution in [-0.2, 0) is 0 Å². The molecule has 1 aliphatic rings. The van der Waals surface area contributed by atoms with Gasteiger partial charge >= 0.3 is 0 Å². The summed E-state index contributed by atoms with van der Waals surface area (Å²) >= 11 is 0. The molecule has 0 unspecified atom stereocenters. The predicted molar refractivity (Wildman–Crippen MR) is 91.6 cm³/mol. The molecule has 1 N–H and O–H groups in total. The summed E-state index contributed by atoms with van der Waals surface area (Å²) in [4.78, 5) is 12.5. The van der Waals surface area contributed by atoms with E-state index in [1.807, 2.05) is 66.7 Å². The summed E-state index contributed by atoms with van der Waals surface area (Å²) in [6.07, 6.45) is 0. The van der Waals surface area contributed by atoms with Crippen LogP contribution in [0.15, 0.2) is 66.7 Å². The first-order chi connectivity index (χ1) is 11.3. The maximum atomic E-state index is 12.5. The van der Waals surface area contributed by atoms with Crippen molar-refractivity contribution in [3.05, 3.63) is 77.9 Å². The third kappa shape index (κ3) is 2.27. The molecular weight excluding hydrogens is 286 g/mol. The quantitative estimate of drug-likeness (QED) is 0.598. The molecule has 0 atom stereocenters. The second-order valence-electron chi connectivity index (χ2n) is 5.49. The van der Waals surface area contributed by atoms with E-state index < -0.39 is 0 Å². The Bertz CT molecular complexity index is 898. The number of hydrogen-bond donors (Lipinski definition) is 1. The fraction of sp³-hybridized carbons (Fsp3) is 0.0500. The molecule has 0 saturated heterocycles. The number of hydrogen-bond acceptors (Lipinski definition) is 3. The molecule has 0 saturated carbocycles. The Morgan fingerprint density at radius 3 is 2.13 bits per heavy atom. The molecule has 23 heavy (non-hydrogen) atoms. The Labute approximate surface area is 134 Å². The first kappa shape index (κ1) is 13.6. The minimum Gasteiger partial charge on any atom is -0.497 e. The van der Waals surface area contributed by atoms with Crippen molar-refractivity contribution in [2.75, 3.05) is 12.4 Å². The zero-order chi connectivity index (χ0) is 15.8. The minimum atomic E-state index is 0.0916. The SMILES string of the molecule is COc1ccc(Nc2ccc3c(c2)C(=O)c2ccccc2-3)cc1. The highest BCUT2D eigenvalue weighted by molar-refractivity contribution is 6.22. The van der Waals surface area contributed by atoms with Crippen molar-refractivity contribution < 1.29 is 9.53 Å². The number of ketones is 1. The van der Waals surface area contributed by atoms with E-state index in [9.17, 15) is 4.79 Å². The van der Waals surface area contributed by atoms with Gasteiger partial charge in [-0.25, -0.2) is 0 Å². The fourth-order valence-corrected chi connectivity index (χ4v) is 2.95. The Balaban J connectivity index is 1.67. The number of carbonyl (C=O) groups is 1. The van der Waals surface area contributed by atoms with Crippen molar-refractivity contribution in [2.24, 2.45) is 0 Å². The van der Waals surface area contributed by atoms with Gasteiger partial charge in [-0.2, -0.15) is 0 Å². The Morgan fingerprint density at radius 1 is 0.739 bits per heavy atom. The first-order valence-corrected chi connectivity index (χ1v) is 7.45. The summed E-state index contributed by atoms with van der Waals surface area (Å²) in [5.74, 6) is 0.907. The maximum absolute atomic E-state index is 12.5. The van der Waals surface area contributed by atoms with Gasteiger partial charge < -0.3 is 10.1 Å². The molecule has 4 rings (SSSR count). The smallest absolute Gasteiger partial charge is 0.194 e. The van der Waals surface area contributed by atoms with Crippen molar-refractivity contribution in [1.29, 1.82) is 0 Å². The van der Waals surface area contributed by atoms with Crippen LogP contribution in [0.3, 0.4) is 0 Å². The van der Waals surface area contributed by atoms with Crippen LogP contribution >= 0.6 is 0 Å². The van der Waals surface area contributed by atoms with Crippen LogP contribution in [0.2, 0.25) is 0 Å². The van der Waals surface area contributed by atoms with Gasteiger partial charge in [0.15, 0.2) is 5.78 Å². The Hall–Kier alpha value is -3.07. The maximum Gasteiger partial charge on any atom is 0.194 e. The predicted octanol–water partition coefficient (Wildman–Crippen LogP) is 4.65. The Kier molecular flexibility index (Phi) is 3.12. The molecule has 3 heteroatoms. The molecule has 0 bridgehead atoms. The van der Waals surface area contributed by atoms with Gasteiger partial charge in [0.25, 0.3) is 0 Å². The topological polar surface area (TPSA) is 38.3 Å². The van der Waals surface area contributed by atoms with E-state index in [0.29, 0.717) is 0 Å². The molecule has 0 aliphatic heterocycles. The van der Waals surface area contributed by atoms with Gasteiger partial charge in [-0.05, 0) is 47.5 Å². The fourth-order valence-electron chi connectivity index (χ4n) is 2.95. The van der Waals surface area contributed by atoms with E-state index in [0.717, 1.165) is 39.4 Å². The van der Waals surface area contributed by atoms with Gasteiger partial charge in [-0.3, -0.25) is 4.79 Å². The molecule has 1 aliphatic carbocycles. The molecule has 0 amide bonds. The molecule has 3 aromatic carbocycles.